The smallest absolute Gasteiger partial charge is 0.341 e. The van der Waals surface area contributed by atoms with Crippen molar-refractivity contribution in [3.05, 3.63) is 28.7 Å². The van der Waals surface area contributed by atoms with Gasteiger partial charge in [0.15, 0.2) is 23.3 Å². The van der Waals surface area contributed by atoms with E-state index in [9.17, 15) is 9.59 Å². The van der Waals surface area contributed by atoms with Crippen LogP contribution < -0.4 is 9.47 Å². The number of amidine groups is 1. The van der Waals surface area contributed by atoms with Gasteiger partial charge in [0.1, 0.15) is 0 Å². The van der Waals surface area contributed by atoms with Crippen LogP contribution in [0.25, 0.3) is 6.08 Å². The average molecular weight is 364 g/mol. The number of methoxy groups -OCH3 is 1. The van der Waals surface area contributed by atoms with Crippen LogP contribution in [0.1, 0.15) is 19.4 Å². The molecule has 1 amide bonds. The Morgan fingerprint density at radius 3 is 2.72 bits per heavy atom. The summed E-state index contributed by atoms with van der Waals surface area (Å²) in [5.41, 5.74) is 0.754. The lowest BCUT2D eigenvalue weighted by Crippen LogP contribution is -2.28. The fraction of sp³-hybridized carbons (Fsp3) is 0.353. The second-order valence-electron chi connectivity index (χ2n) is 5.01. The maximum absolute atomic E-state index is 12.5. The minimum atomic E-state index is -1.07. The zero-order valence-corrected chi connectivity index (χ0v) is 15.1. The predicted molar refractivity (Wildman–Crippen MR) is 97.1 cm³/mol. The topological polar surface area (TPSA) is 88.4 Å². The lowest BCUT2D eigenvalue weighted by atomic mass is 10.2. The third-order valence-corrected chi connectivity index (χ3v) is 4.38. The van der Waals surface area contributed by atoms with Crippen molar-refractivity contribution in [3.8, 4) is 11.5 Å². The molecule has 1 aliphatic rings. The van der Waals surface area contributed by atoms with Crippen LogP contribution >= 0.6 is 11.8 Å². The summed E-state index contributed by atoms with van der Waals surface area (Å²) in [4.78, 5) is 29.6. The van der Waals surface area contributed by atoms with Crippen LogP contribution in [0.4, 0.5) is 0 Å². The molecule has 0 unspecified atom stereocenters. The molecule has 0 aliphatic carbocycles. The first kappa shape index (κ1) is 18.9. The lowest BCUT2D eigenvalue weighted by Gasteiger charge is -2.11. The van der Waals surface area contributed by atoms with Crippen molar-refractivity contribution < 1.29 is 24.2 Å². The van der Waals surface area contributed by atoms with E-state index in [1.54, 1.807) is 29.2 Å². The van der Waals surface area contributed by atoms with Crippen molar-refractivity contribution in [1.29, 1.82) is 0 Å². The summed E-state index contributed by atoms with van der Waals surface area (Å²) < 4.78 is 10.4. The molecule has 0 spiro atoms. The Hall–Kier alpha value is -2.48. The van der Waals surface area contributed by atoms with E-state index in [1.807, 2.05) is 13.8 Å². The Bertz CT molecular complexity index is 730. The third-order valence-electron chi connectivity index (χ3n) is 3.33. The van der Waals surface area contributed by atoms with Gasteiger partial charge in [-0.3, -0.25) is 14.7 Å². The number of likely N-dealkylation sites (N-methyl/N-ethyl adjacent to an activating group) is 1. The Labute approximate surface area is 150 Å². The van der Waals surface area contributed by atoms with Crippen LogP contribution in [-0.4, -0.2) is 53.9 Å². The van der Waals surface area contributed by atoms with Gasteiger partial charge in [0, 0.05) is 13.1 Å². The van der Waals surface area contributed by atoms with Gasteiger partial charge < -0.3 is 14.6 Å². The first-order valence-corrected chi connectivity index (χ1v) is 8.60. The number of rotatable bonds is 7. The largest absolute Gasteiger partial charge is 0.493 e. The summed E-state index contributed by atoms with van der Waals surface area (Å²) in [5.74, 6) is -0.407. The minimum Gasteiger partial charge on any atom is -0.493 e. The van der Waals surface area contributed by atoms with Crippen LogP contribution in [0, 0.1) is 0 Å². The molecule has 134 valence electrons. The van der Waals surface area contributed by atoms with E-state index < -0.39 is 12.6 Å². The van der Waals surface area contributed by atoms with E-state index in [0.29, 0.717) is 34.7 Å². The van der Waals surface area contributed by atoms with E-state index in [4.69, 9.17) is 14.6 Å². The van der Waals surface area contributed by atoms with Gasteiger partial charge in [-0.15, -0.1) is 0 Å². The number of thioether (sulfide) groups is 1. The summed E-state index contributed by atoms with van der Waals surface area (Å²) in [6, 6.07) is 5.06. The number of carboxylic acids is 1. The molecule has 1 aromatic rings. The van der Waals surface area contributed by atoms with Gasteiger partial charge in [0.2, 0.25) is 0 Å². The Balaban J connectivity index is 2.27. The first-order chi connectivity index (χ1) is 12.0. The lowest BCUT2D eigenvalue weighted by molar-refractivity contribution is -0.139. The molecule has 8 heteroatoms. The van der Waals surface area contributed by atoms with Crippen LogP contribution in [0.15, 0.2) is 28.1 Å². The second kappa shape index (κ2) is 8.57. The molecule has 1 aliphatic heterocycles. The highest BCUT2D eigenvalue weighted by Crippen LogP contribution is 2.34. The van der Waals surface area contributed by atoms with E-state index in [2.05, 4.69) is 4.99 Å². The van der Waals surface area contributed by atoms with Crippen molar-refractivity contribution in [2.75, 3.05) is 26.8 Å². The van der Waals surface area contributed by atoms with Gasteiger partial charge in [-0.05, 0) is 49.4 Å². The molecule has 7 nitrogen and oxygen atoms in total. The molecule has 0 bridgehead atoms. The zero-order chi connectivity index (χ0) is 18.4. The maximum Gasteiger partial charge on any atom is 0.341 e. The summed E-state index contributed by atoms with van der Waals surface area (Å²) in [6.07, 6.45) is 1.76. The molecule has 0 radical (unpaired) electrons. The Morgan fingerprint density at radius 2 is 2.12 bits per heavy atom. The number of hydrogen-bond acceptors (Lipinski definition) is 6. The van der Waals surface area contributed by atoms with Crippen LogP contribution in [0.5, 0.6) is 11.5 Å². The zero-order valence-electron chi connectivity index (χ0n) is 14.3. The molecule has 1 aromatic carbocycles. The van der Waals surface area contributed by atoms with Gasteiger partial charge in [0.25, 0.3) is 5.91 Å². The molecule has 25 heavy (non-hydrogen) atoms. The fourth-order valence-corrected chi connectivity index (χ4v) is 3.33. The summed E-state index contributed by atoms with van der Waals surface area (Å²) in [5, 5.41) is 9.40. The summed E-state index contributed by atoms with van der Waals surface area (Å²) >= 11 is 1.34. The standard InChI is InChI=1S/C17H20N2O5S/c1-4-18-17-19(5-2)16(22)14(25-17)9-11-6-7-12(13(8-11)23-3)24-10-15(20)21/h6-9H,4-5,10H2,1-3H3,(H,20,21)/b14-9+,18-17?. The SMILES string of the molecule is CCN=C1S/C(=C/c2ccc(OCC(=O)O)c(OC)c2)C(=O)N1CC. The monoisotopic (exact) mass is 364 g/mol. The Morgan fingerprint density at radius 1 is 1.36 bits per heavy atom. The van der Waals surface area contributed by atoms with Gasteiger partial charge in [-0.1, -0.05) is 6.07 Å². The Kier molecular flexibility index (Phi) is 6.46. The maximum atomic E-state index is 12.5. The number of nitrogens with zero attached hydrogens (tertiary/aromatic N) is 2. The van der Waals surface area contributed by atoms with Crippen molar-refractivity contribution in [1.82, 2.24) is 4.90 Å². The molecule has 0 atom stereocenters. The van der Waals surface area contributed by atoms with E-state index in [-0.39, 0.29) is 5.91 Å². The van der Waals surface area contributed by atoms with E-state index >= 15 is 0 Å². The number of carboxylic acid groups (broad SMARTS) is 1. The van der Waals surface area contributed by atoms with Crippen LogP contribution in [0.2, 0.25) is 0 Å². The van der Waals surface area contributed by atoms with Crippen molar-refractivity contribution in [2.24, 2.45) is 4.99 Å². The third kappa shape index (κ3) is 4.54. The quantitative estimate of drug-likeness (QED) is 0.748. The van der Waals surface area contributed by atoms with Gasteiger partial charge in [-0.25, -0.2) is 4.79 Å². The predicted octanol–water partition coefficient (Wildman–Crippen LogP) is 2.47. The number of ether oxygens (including phenoxy) is 2. The molecule has 2 rings (SSSR count). The van der Waals surface area contributed by atoms with Gasteiger partial charge in [0.05, 0.1) is 12.0 Å². The number of amides is 1. The fourth-order valence-electron chi connectivity index (χ4n) is 2.22. The molecular weight excluding hydrogens is 344 g/mol. The number of hydrogen-bond donors (Lipinski definition) is 1. The van der Waals surface area contributed by atoms with Gasteiger partial charge in [-0.2, -0.15) is 0 Å². The normalized spacial score (nSPS) is 17.4. The van der Waals surface area contributed by atoms with E-state index in [0.717, 1.165) is 5.56 Å². The highest BCUT2D eigenvalue weighted by atomic mass is 32.2. The highest BCUT2D eigenvalue weighted by Gasteiger charge is 2.31. The van der Waals surface area contributed by atoms with Crippen molar-refractivity contribution in [2.45, 2.75) is 13.8 Å². The minimum absolute atomic E-state index is 0.0788. The van der Waals surface area contributed by atoms with Gasteiger partial charge >= 0.3 is 5.97 Å². The molecule has 1 N–H and O–H groups in total. The average Bonchev–Trinajstić information content (AvgIpc) is 2.88. The first-order valence-electron chi connectivity index (χ1n) is 7.78. The number of carbonyl (C=O) groups is 2. The molecule has 1 fully saturated rings. The molecule has 0 aromatic heterocycles. The molecule has 0 saturated carbocycles. The van der Waals surface area contributed by atoms with Crippen LogP contribution in [-0.2, 0) is 9.59 Å². The second-order valence-corrected chi connectivity index (χ2v) is 6.02. The highest BCUT2D eigenvalue weighted by molar-refractivity contribution is 8.18. The van der Waals surface area contributed by atoms with Crippen molar-refractivity contribution in [3.63, 3.8) is 0 Å². The number of carbonyl (C=O) groups excluding carboxylic acids is 1. The summed E-state index contributed by atoms with van der Waals surface area (Å²) in [7, 11) is 1.47. The summed E-state index contributed by atoms with van der Waals surface area (Å²) in [6.45, 7) is 4.56. The van der Waals surface area contributed by atoms with Crippen LogP contribution in [0.3, 0.4) is 0 Å². The number of aliphatic carboxylic acids is 1. The number of aliphatic imine (C=N–C) groups is 1. The molecule has 1 saturated heterocycles. The number of benzene rings is 1. The molecule has 1 heterocycles. The van der Waals surface area contributed by atoms with Crippen molar-refractivity contribution >= 4 is 34.9 Å². The molecular formula is C17H20N2O5S. The van der Waals surface area contributed by atoms with E-state index in [1.165, 1.54) is 18.9 Å².